The molecule has 0 spiro atoms. The molecule has 1 nitrogen and oxygen atoms in total. The summed E-state index contributed by atoms with van der Waals surface area (Å²) < 4.78 is 2.44. The second-order valence-electron chi connectivity index (χ2n) is 2.92. The first-order valence-electron chi connectivity index (χ1n) is 4.13. The molecule has 0 aliphatic rings. The normalized spacial score (nSPS) is 17.2. The summed E-state index contributed by atoms with van der Waals surface area (Å²) in [5, 5.41) is 0. The van der Waals surface area contributed by atoms with Crippen LogP contribution in [0.4, 0.5) is 0 Å². The van der Waals surface area contributed by atoms with Crippen molar-refractivity contribution in [3.8, 4) is 0 Å². The third-order valence-electron chi connectivity index (χ3n) is 2.13. The summed E-state index contributed by atoms with van der Waals surface area (Å²) in [6, 6.07) is 1.46. The van der Waals surface area contributed by atoms with Crippen LogP contribution < -0.4 is 0 Å². The van der Waals surface area contributed by atoms with E-state index in [1.807, 2.05) is 0 Å². The van der Waals surface area contributed by atoms with Crippen molar-refractivity contribution in [2.24, 2.45) is 0 Å². The number of hydrogen-bond donors (Lipinski definition) is 0. The van der Waals surface area contributed by atoms with Crippen molar-refractivity contribution in [2.45, 2.75) is 52.6 Å². The molecule has 0 aromatic heterocycles. The van der Waals surface area contributed by atoms with Crippen molar-refractivity contribution >= 4 is 0 Å². The SMILES string of the molecule is CCC(C)[N]([Ti])C(C)CC. The van der Waals surface area contributed by atoms with Crippen molar-refractivity contribution < 1.29 is 20.7 Å². The van der Waals surface area contributed by atoms with Crippen molar-refractivity contribution in [3.63, 3.8) is 0 Å². The van der Waals surface area contributed by atoms with E-state index in [9.17, 15) is 0 Å². The van der Waals surface area contributed by atoms with E-state index in [1.165, 1.54) is 12.8 Å². The third-order valence-corrected chi connectivity index (χ3v) is 3.51. The zero-order chi connectivity index (χ0) is 8.15. The maximum absolute atomic E-state index is 2.44. The predicted molar refractivity (Wildman–Crippen MR) is 41.3 cm³/mol. The Balaban J connectivity index is 3.69. The summed E-state index contributed by atoms with van der Waals surface area (Å²) in [7, 11) is 0. The van der Waals surface area contributed by atoms with Gasteiger partial charge in [0.1, 0.15) is 0 Å². The zero-order valence-corrected chi connectivity index (χ0v) is 9.08. The van der Waals surface area contributed by atoms with E-state index in [4.69, 9.17) is 0 Å². The molecule has 2 atom stereocenters. The summed E-state index contributed by atoms with van der Waals surface area (Å²) in [5.41, 5.74) is 0. The molecule has 0 N–H and O–H groups in total. The average molecular weight is 176 g/mol. The van der Waals surface area contributed by atoms with Crippen molar-refractivity contribution in [1.29, 1.82) is 0 Å². The zero-order valence-electron chi connectivity index (χ0n) is 7.52. The van der Waals surface area contributed by atoms with Crippen LogP contribution in [0, 0.1) is 0 Å². The Morgan fingerprint density at radius 1 is 1.10 bits per heavy atom. The van der Waals surface area contributed by atoms with Crippen LogP contribution in [-0.2, 0) is 20.7 Å². The fraction of sp³-hybridized carbons (Fsp3) is 1.00. The summed E-state index contributed by atoms with van der Waals surface area (Å²) >= 11 is 2.21. The molecule has 0 bridgehead atoms. The Morgan fingerprint density at radius 2 is 1.40 bits per heavy atom. The van der Waals surface area contributed by atoms with Gasteiger partial charge in [-0.1, -0.05) is 0 Å². The van der Waals surface area contributed by atoms with E-state index in [2.05, 4.69) is 51.8 Å². The van der Waals surface area contributed by atoms with E-state index in [0.29, 0.717) is 0 Å². The summed E-state index contributed by atoms with van der Waals surface area (Å²) in [6.45, 7) is 9.05. The second kappa shape index (κ2) is 5.34. The van der Waals surface area contributed by atoms with Gasteiger partial charge in [-0.3, -0.25) is 0 Å². The van der Waals surface area contributed by atoms with Gasteiger partial charge in [-0.15, -0.1) is 0 Å². The average Bonchev–Trinajstić information content (AvgIpc) is 2.00. The molecule has 0 aromatic carbocycles. The number of hydrogen-bond acceptors (Lipinski definition) is 1. The van der Waals surface area contributed by atoms with Crippen LogP contribution in [0.25, 0.3) is 0 Å². The Bertz CT molecular complexity index is 75.3. The summed E-state index contributed by atoms with van der Waals surface area (Å²) in [4.78, 5) is 0. The summed E-state index contributed by atoms with van der Waals surface area (Å²) in [6.07, 6.45) is 2.50. The van der Waals surface area contributed by atoms with E-state index in [0.717, 1.165) is 12.1 Å². The Kier molecular flexibility index (Phi) is 5.70. The molecule has 2 unspecified atom stereocenters. The molecule has 0 radical (unpaired) electrons. The van der Waals surface area contributed by atoms with Gasteiger partial charge < -0.3 is 0 Å². The van der Waals surface area contributed by atoms with Crippen LogP contribution in [-0.4, -0.2) is 15.5 Å². The quantitative estimate of drug-likeness (QED) is 0.594. The minimum absolute atomic E-state index is 0.731. The topological polar surface area (TPSA) is 3.24 Å². The van der Waals surface area contributed by atoms with Crippen molar-refractivity contribution in [3.05, 3.63) is 0 Å². The summed E-state index contributed by atoms with van der Waals surface area (Å²) in [5.74, 6) is 0. The molecule has 0 aliphatic heterocycles. The fourth-order valence-electron chi connectivity index (χ4n) is 0.828. The third kappa shape index (κ3) is 3.18. The van der Waals surface area contributed by atoms with Crippen LogP contribution in [0.5, 0.6) is 0 Å². The van der Waals surface area contributed by atoms with Crippen LogP contribution in [0.3, 0.4) is 0 Å². The number of rotatable bonds is 4. The molecule has 0 aromatic rings. The molecule has 0 amide bonds. The fourth-order valence-corrected chi connectivity index (χ4v) is 1.40. The molecule has 0 heterocycles. The van der Waals surface area contributed by atoms with Gasteiger partial charge in [-0.2, -0.15) is 0 Å². The van der Waals surface area contributed by atoms with Gasteiger partial charge >= 0.3 is 76.7 Å². The first-order valence-corrected chi connectivity index (χ1v) is 4.82. The first kappa shape index (κ1) is 10.7. The van der Waals surface area contributed by atoms with Crippen LogP contribution in [0.15, 0.2) is 0 Å². The monoisotopic (exact) mass is 176 g/mol. The van der Waals surface area contributed by atoms with Crippen molar-refractivity contribution in [2.75, 3.05) is 0 Å². The Morgan fingerprint density at radius 3 is 1.60 bits per heavy atom. The van der Waals surface area contributed by atoms with Gasteiger partial charge in [0.2, 0.25) is 0 Å². The number of nitrogens with zero attached hydrogens (tertiary/aromatic N) is 1. The van der Waals surface area contributed by atoms with Gasteiger partial charge in [-0.05, 0) is 0 Å². The molecule has 0 saturated carbocycles. The molecular weight excluding hydrogens is 158 g/mol. The Hall–Kier alpha value is 0.674. The Labute approximate surface area is 76.9 Å². The van der Waals surface area contributed by atoms with Crippen molar-refractivity contribution in [1.82, 2.24) is 3.38 Å². The van der Waals surface area contributed by atoms with E-state index in [-0.39, 0.29) is 0 Å². The molecule has 0 rings (SSSR count). The molecule has 0 fully saturated rings. The maximum atomic E-state index is 2.44. The van der Waals surface area contributed by atoms with Gasteiger partial charge in [0, 0.05) is 0 Å². The predicted octanol–water partition coefficient (Wildman–Crippen LogP) is 2.35. The van der Waals surface area contributed by atoms with E-state index < -0.39 is 0 Å². The molecule has 0 aliphatic carbocycles. The molecule has 2 heteroatoms. The second-order valence-corrected chi connectivity index (χ2v) is 3.73. The van der Waals surface area contributed by atoms with Gasteiger partial charge in [0.15, 0.2) is 0 Å². The standard InChI is InChI=1S/C8H18N.Ti/c1-5-7(3)9-8(4)6-2;/h7-8H,5-6H2,1-4H3;/q-1;+1. The van der Waals surface area contributed by atoms with E-state index >= 15 is 0 Å². The van der Waals surface area contributed by atoms with E-state index in [1.54, 1.807) is 0 Å². The van der Waals surface area contributed by atoms with Gasteiger partial charge in [0.25, 0.3) is 0 Å². The molecular formula is C8H18NTi. The van der Waals surface area contributed by atoms with Gasteiger partial charge in [-0.25, -0.2) is 0 Å². The first-order chi connectivity index (χ1) is 4.63. The van der Waals surface area contributed by atoms with Crippen LogP contribution in [0.2, 0.25) is 0 Å². The van der Waals surface area contributed by atoms with Crippen LogP contribution >= 0.6 is 0 Å². The molecule has 59 valence electrons. The van der Waals surface area contributed by atoms with Gasteiger partial charge in [0.05, 0.1) is 0 Å². The van der Waals surface area contributed by atoms with Crippen LogP contribution in [0.1, 0.15) is 40.5 Å². The molecule has 0 saturated heterocycles. The minimum atomic E-state index is 0.731. The molecule has 10 heavy (non-hydrogen) atoms.